The fourth-order valence-electron chi connectivity index (χ4n) is 2.85. The van der Waals surface area contributed by atoms with Gasteiger partial charge >= 0.3 is 0 Å². The van der Waals surface area contributed by atoms with Crippen molar-refractivity contribution in [3.8, 4) is 0 Å². The summed E-state index contributed by atoms with van der Waals surface area (Å²) < 4.78 is 22.8. The molecule has 1 saturated heterocycles. The van der Waals surface area contributed by atoms with Crippen LogP contribution >= 0.6 is 11.3 Å². The van der Waals surface area contributed by atoms with Crippen LogP contribution in [0.3, 0.4) is 0 Å². The minimum atomic E-state index is -3.79. The summed E-state index contributed by atoms with van der Waals surface area (Å²) in [7, 11) is -3.79. The Kier molecular flexibility index (Phi) is 5.87. The van der Waals surface area contributed by atoms with Gasteiger partial charge in [-0.25, -0.2) is 18.5 Å². The number of hydrogen-bond acceptors (Lipinski definition) is 7. The number of nitrogens with two attached hydrogens (primary N) is 1. The number of amides is 1. The SMILES string of the molecule is NS(=O)(=O)c1cccc(NC(=O)CN2CCCN(c3nccs3)CC2)c1. The Bertz CT molecular complexity index is 855. The molecule has 2 heterocycles. The van der Waals surface area contributed by atoms with Crippen molar-refractivity contribution in [3.63, 3.8) is 0 Å². The van der Waals surface area contributed by atoms with Gasteiger partial charge in [-0.3, -0.25) is 9.69 Å². The van der Waals surface area contributed by atoms with Crippen molar-refractivity contribution in [2.24, 2.45) is 5.14 Å². The lowest BCUT2D eigenvalue weighted by Crippen LogP contribution is -2.36. The van der Waals surface area contributed by atoms with Gasteiger partial charge in [0.25, 0.3) is 0 Å². The summed E-state index contributed by atoms with van der Waals surface area (Å²) in [5.74, 6) is -0.181. The molecule has 0 bridgehead atoms. The summed E-state index contributed by atoms with van der Waals surface area (Å²) in [5, 5.41) is 10.8. The number of rotatable bonds is 5. The van der Waals surface area contributed by atoms with E-state index in [0.717, 1.165) is 37.7 Å². The van der Waals surface area contributed by atoms with Gasteiger partial charge in [-0.2, -0.15) is 0 Å². The van der Waals surface area contributed by atoms with Crippen molar-refractivity contribution in [2.45, 2.75) is 11.3 Å². The van der Waals surface area contributed by atoms with Crippen molar-refractivity contribution in [3.05, 3.63) is 35.8 Å². The Morgan fingerprint density at radius 1 is 1.27 bits per heavy atom. The van der Waals surface area contributed by atoms with Crippen molar-refractivity contribution in [1.82, 2.24) is 9.88 Å². The first-order chi connectivity index (χ1) is 12.4. The summed E-state index contributed by atoms with van der Waals surface area (Å²) >= 11 is 1.62. The molecule has 2 aromatic rings. The third-order valence-corrected chi connectivity index (χ3v) is 5.84. The van der Waals surface area contributed by atoms with Crippen LogP contribution in [0, 0.1) is 0 Å². The molecule has 0 unspecified atom stereocenters. The van der Waals surface area contributed by atoms with Gasteiger partial charge in [0.05, 0.1) is 11.4 Å². The summed E-state index contributed by atoms with van der Waals surface area (Å²) in [6.45, 7) is 3.59. The minimum Gasteiger partial charge on any atom is -0.347 e. The van der Waals surface area contributed by atoms with E-state index >= 15 is 0 Å². The maximum absolute atomic E-state index is 12.3. The number of anilines is 2. The molecule has 3 rings (SSSR count). The number of nitrogens with one attached hydrogen (secondary N) is 1. The highest BCUT2D eigenvalue weighted by molar-refractivity contribution is 7.89. The monoisotopic (exact) mass is 395 g/mol. The summed E-state index contributed by atoms with van der Waals surface area (Å²) in [4.78, 5) is 20.9. The van der Waals surface area contributed by atoms with E-state index in [1.165, 1.54) is 12.1 Å². The topological polar surface area (TPSA) is 109 Å². The second-order valence-electron chi connectivity index (χ2n) is 6.05. The number of primary sulfonamides is 1. The standard InChI is InChI=1S/C16H21N5O3S2/c17-26(23,24)14-4-1-3-13(11-14)19-15(22)12-20-6-2-7-21(9-8-20)16-18-5-10-25-16/h1,3-5,10-11H,2,6-9,12H2,(H,19,22)(H2,17,23,24). The highest BCUT2D eigenvalue weighted by Crippen LogP contribution is 2.19. The second kappa shape index (κ2) is 8.12. The van der Waals surface area contributed by atoms with Gasteiger partial charge in [0.1, 0.15) is 0 Å². The first-order valence-electron chi connectivity index (χ1n) is 8.21. The van der Waals surface area contributed by atoms with Crippen molar-refractivity contribution >= 4 is 38.1 Å². The second-order valence-corrected chi connectivity index (χ2v) is 8.49. The average Bonchev–Trinajstić information content (AvgIpc) is 3.02. The number of sulfonamides is 1. The summed E-state index contributed by atoms with van der Waals surface area (Å²) in [5.41, 5.74) is 0.417. The third-order valence-electron chi connectivity index (χ3n) is 4.09. The van der Waals surface area contributed by atoms with Gasteiger partial charge in [0, 0.05) is 43.4 Å². The number of aromatic nitrogens is 1. The molecule has 1 aliphatic rings. The molecule has 3 N–H and O–H groups in total. The van der Waals surface area contributed by atoms with E-state index in [0.29, 0.717) is 5.69 Å². The number of hydrogen-bond donors (Lipinski definition) is 2. The molecular weight excluding hydrogens is 374 g/mol. The maximum Gasteiger partial charge on any atom is 0.238 e. The summed E-state index contributed by atoms with van der Waals surface area (Å²) in [6.07, 6.45) is 2.75. The van der Waals surface area contributed by atoms with E-state index < -0.39 is 10.0 Å². The van der Waals surface area contributed by atoms with Gasteiger partial charge in [0.2, 0.25) is 15.9 Å². The first-order valence-corrected chi connectivity index (χ1v) is 10.6. The molecule has 0 atom stereocenters. The molecule has 0 spiro atoms. The zero-order valence-corrected chi connectivity index (χ0v) is 15.8. The number of thiazole rings is 1. The predicted molar refractivity (Wildman–Crippen MR) is 102 cm³/mol. The number of carbonyl (C=O) groups is 1. The maximum atomic E-state index is 12.3. The van der Waals surface area contributed by atoms with Crippen LogP contribution in [0.15, 0.2) is 40.7 Å². The molecule has 0 aliphatic carbocycles. The van der Waals surface area contributed by atoms with E-state index in [4.69, 9.17) is 5.14 Å². The Morgan fingerprint density at radius 3 is 2.85 bits per heavy atom. The van der Waals surface area contributed by atoms with Gasteiger partial charge in [-0.15, -0.1) is 11.3 Å². The van der Waals surface area contributed by atoms with Crippen LogP contribution in [-0.4, -0.2) is 56.9 Å². The molecule has 10 heteroatoms. The molecule has 26 heavy (non-hydrogen) atoms. The van der Waals surface area contributed by atoms with Crippen LogP contribution < -0.4 is 15.4 Å². The van der Waals surface area contributed by atoms with Crippen LogP contribution in [0.4, 0.5) is 10.8 Å². The lowest BCUT2D eigenvalue weighted by atomic mass is 10.3. The molecule has 1 aromatic heterocycles. The van der Waals surface area contributed by atoms with E-state index in [2.05, 4.69) is 20.1 Å². The van der Waals surface area contributed by atoms with Crippen molar-refractivity contribution < 1.29 is 13.2 Å². The molecule has 0 saturated carbocycles. The molecule has 0 radical (unpaired) electrons. The normalized spacial score (nSPS) is 16.3. The van der Waals surface area contributed by atoms with Crippen LogP contribution in [0.25, 0.3) is 0 Å². The lowest BCUT2D eigenvalue weighted by Gasteiger charge is -2.21. The zero-order chi connectivity index (χ0) is 18.6. The van der Waals surface area contributed by atoms with Crippen LogP contribution in [0.2, 0.25) is 0 Å². The van der Waals surface area contributed by atoms with Gasteiger partial charge in [0.15, 0.2) is 5.13 Å². The number of benzene rings is 1. The first kappa shape index (κ1) is 18.8. The Labute approximate surface area is 156 Å². The van der Waals surface area contributed by atoms with Gasteiger partial charge in [-0.1, -0.05) is 6.07 Å². The molecule has 1 aromatic carbocycles. The molecule has 140 valence electrons. The molecule has 1 fully saturated rings. The fraction of sp³-hybridized carbons (Fsp3) is 0.375. The average molecular weight is 396 g/mol. The van der Waals surface area contributed by atoms with E-state index in [-0.39, 0.29) is 17.3 Å². The van der Waals surface area contributed by atoms with Crippen LogP contribution in [-0.2, 0) is 14.8 Å². The fourth-order valence-corrected chi connectivity index (χ4v) is 4.10. The smallest absolute Gasteiger partial charge is 0.238 e. The lowest BCUT2D eigenvalue weighted by molar-refractivity contribution is -0.117. The Balaban J connectivity index is 1.55. The molecule has 1 aliphatic heterocycles. The largest absolute Gasteiger partial charge is 0.347 e. The van der Waals surface area contributed by atoms with Gasteiger partial charge < -0.3 is 10.2 Å². The predicted octanol–water partition coefficient (Wildman–Crippen LogP) is 0.941. The Morgan fingerprint density at radius 2 is 2.12 bits per heavy atom. The number of carbonyl (C=O) groups excluding carboxylic acids is 1. The van der Waals surface area contributed by atoms with Crippen molar-refractivity contribution in [1.29, 1.82) is 0 Å². The van der Waals surface area contributed by atoms with Crippen LogP contribution in [0.1, 0.15) is 6.42 Å². The molecule has 1 amide bonds. The third kappa shape index (κ3) is 5.01. The highest BCUT2D eigenvalue weighted by Gasteiger charge is 2.18. The van der Waals surface area contributed by atoms with E-state index in [9.17, 15) is 13.2 Å². The summed E-state index contributed by atoms with van der Waals surface area (Å²) in [6, 6.07) is 5.94. The van der Waals surface area contributed by atoms with E-state index in [1.54, 1.807) is 29.7 Å². The van der Waals surface area contributed by atoms with Crippen molar-refractivity contribution in [2.75, 3.05) is 42.9 Å². The van der Waals surface area contributed by atoms with Crippen LogP contribution in [0.5, 0.6) is 0 Å². The number of nitrogens with zero attached hydrogens (tertiary/aromatic N) is 3. The van der Waals surface area contributed by atoms with Gasteiger partial charge in [-0.05, 0) is 24.6 Å². The molecule has 8 nitrogen and oxygen atoms in total. The highest BCUT2D eigenvalue weighted by atomic mass is 32.2. The van der Waals surface area contributed by atoms with E-state index in [1.807, 2.05) is 5.38 Å². The minimum absolute atomic E-state index is 0.0239. The zero-order valence-electron chi connectivity index (χ0n) is 14.2. The Hall–Kier alpha value is -2.01. The molecular formula is C16H21N5O3S2. The quantitative estimate of drug-likeness (QED) is 0.780.